The Kier molecular flexibility index (Phi) is 36.3. The van der Waals surface area contributed by atoms with Crippen molar-refractivity contribution in [3.8, 4) is 0 Å². The lowest BCUT2D eigenvalue weighted by molar-refractivity contribution is -0.161. The van der Waals surface area contributed by atoms with Gasteiger partial charge in [0.2, 0.25) is 0 Å². The van der Waals surface area contributed by atoms with Gasteiger partial charge in [-0.1, -0.05) is 164 Å². The minimum atomic E-state index is -4.75. The van der Waals surface area contributed by atoms with Crippen molar-refractivity contribution >= 4 is 25.7 Å². The van der Waals surface area contributed by atoms with Crippen molar-refractivity contribution in [3.63, 3.8) is 0 Å². The molecule has 0 saturated heterocycles. The molecule has 0 spiro atoms. The number of aliphatic hydroxyl groups is 1. The van der Waals surface area contributed by atoms with Crippen molar-refractivity contribution in [2.24, 2.45) is 5.73 Å². The van der Waals surface area contributed by atoms with Crippen LogP contribution < -0.4 is 5.73 Å². The molecule has 0 amide bonds. The van der Waals surface area contributed by atoms with Gasteiger partial charge in [-0.15, -0.1) is 0 Å². The van der Waals surface area contributed by atoms with Crippen LogP contribution in [-0.4, -0.2) is 71.1 Å². The minimum Gasteiger partial charge on any atom is -0.480 e. The summed E-state index contributed by atoms with van der Waals surface area (Å²) in [5.41, 5.74) is 5.32. The van der Waals surface area contributed by atoms with Gasteiger partial charge in [0.1, 0.15) is 12.6 Å². The third kappa shape index (κ3) is 38.2. The summed E-state index contributed by atoms with van der Waals surface area (Å²) >= 11 is 0. The van der Waals surface area contributed by atoms with E-state index in [-0.39, 0.29) is 19.4 Å². The zero-order valence-electron chi connectivity index (χ0n) is 34.8. The molecule has 0 aromatic carbocycles. The number of unbranched alkanes of at least 4 members (excludes halogenated alkanes) is 12. The molecule has 57 heavy (non-hydrogen) atoms. The first kappa shape index (κ1) is 53.9. The number of aliphatic hydroxyl groups excluding tert-OH is 1. The standard InChI is InChI=1S/C44H74NO11P/c1-3-5-7-8-9-10-11-13-17-20-23-26-30-34-42(47)53-36-40(37-54-57(51,52)55-38-41(45)44(49)50)56-43(48)35-31-27-24-21-18-15-12-14-16-19-22-25-29-33-39(46)32-28-6-4-2/h6,14-16,18,22,24-25,27-29,33,39-41,46H,3-5,7-13,17,19-21,23,26,30-32,34-38,45H2,1-2H3,(H,49,50)(H,51,52)/b16-14-,18-15-,25-22+,27-24-,28-6-,33-29+/t39?,40-,41+/m1/s1. The Morgan fingerprint density at radius 1 is 0.649 bits per heavy atom. The summed E-state index contributed by atoms with van der Waals surface area (Å²) in [6.45, 7) is 2.50. The number of esters is 2. The Bertz CT molecular complexity index is 1260. The van der Waals surface area contributed by atoms with Gasteiger partial charge in [0, 0.05) is 12.8 Å². The van der Waals surface area contributed by atoms with Gasteiger partial charge in [0.15, 0.2) is 6.10 Å². The molecule has 0 aliphatic carbocycles. The third-order valence-corrected chi connectivity index (χ3v) is 9.51. The second-order valence-electron chi connectivity index (χ2n) is 13.9. The quantitative estimate of drug-likeness (QED) is 0.0152. The molecule has 0 saturated carbocycles. The molecule has 0 heterocycles. The number of ether oxygens (including phenoxy) is 2. The van der Waals surface area contributed by atoms with E-state index in [1.807, 2.05) is 54.7 Å². The van der Waals surface area contributed by atoms with Crippen molar-refractivity contribution in [2.45, 2.75) is 167 Å². The maximum absolute atomic E-state index is 12.6. The Labute approximate surface area is 343 Å². The average molecular weight is 824 g/mol. The van der Waals surface area contributed by atoms with Gasteiger partial charge in [0.25, 0.3) is 0 Å². The molecule has 0 aromatic heterocycles. The van der Waals surface area contributed by atoms with Crippen LogP contribution in [0.4, 0.5) is 0 Å². The summed E-state index contributed by atoms with van der Waals surface area (Å²) in [4.78, 5) is 45.9. The first-order valence-electron chi connectivity index (χ1n) is 21.1. The molecule has 4 atom stereocenters. The number of carboxylic acid groups (broad SMARTS) is 1. The van der Waals surface area contributed by atoms with Gasteiger partial charge in [0.05, 0.1) is 19.3 Å². The number of phosphoric acid groups is 1. The first-order valence-corrected chi connectivity index (χ1v) is 22.6. The van der Waals surface area contributed by atoms with E-state index in [9.17, 15) is 28.9 Å². The molecule has 326 valence electrons. The van der Waals surface area contributed by atoms with Crippen molar-refractivity contribution in [1.82, 2.24) is 0 Å². The summed E-state index contributed by atoms with van der Waals surface area (Å²) < 4.78 is 32.5. The molecule has 0 rings (SSSR count). The Morgan fingerprint density at radius 3 is 1.77 bits per heavy atom. The van der Waals surface area contributed by atoms with E-state index >= 15 is 0 Å². The smallest absolute Gasteiger partial charge is 0.472 e. The Hall–Kier alpha value is -3.12. The van der Waals surface area contributed by atoms with Crippen LogP contribution in [0.15, 0.2) is 72.9 Å². The number of allylic oxidation sites excluding steroid dienone is 10. The van der Waals surface area contributed by atoms with Gasteiger partial charge in [-0.2, -0.15) is 0 Å². The highest BCUT2D eigenvalue weighted by Crippen LogP contribution is 2.43. The van der Waals surface area contributed by atoms with Crippen LogP contribution in [0.2, 0.25) is 0 Å². The van der Waals surface area contributed by atoms with Gasteiger partial charge in [-0.3, -0.25) is 23.4 Å². The number of carboxylic acids is 1. The molecule has 0 bridgehead atoms. The largest absolute Gasteiger partial charge is 0.480 e. The molecule has 13 heteroatoms. The number of nitrogens with two attached hydrogens (primary N) is 1. The number of carbonyl (C=O) groups is 3. The number of hydrogen-bond donors (Lipinski definition) is 4. The lowest BCUT2D eigenvalue weighted by atomic mass is 10.0. The molecule has 0 radical (unpaired) electrons. The number of rotatable bonds is 38. The summed E-state index contributed by atoms with van der Waals surface area (Å²) in [7, 11) is -4.75. The monoisotopic (exact) mass is 823 g/mol. The zero-order chi connectivity index (χ0) is 42.2. The fraction of sp³-hybridized carbons (Fsp3) is 0.659. The predicted molar refractivity (Wildman–Crippen MR) is 227 cm³/mol. The lowest BCUT2D eigenvalue weighted by Crippen LogP contribution is -2.34. The van der Waals surface area contributed by atoms with Gasteiger partial charge in [-0.25, -0.2) is 4.57 Å². The summed E-state index contributed by atoms with van der Waals surface area (Å²) in [5.74, 6) is -2.52. The molecule has 0 aliphatic heterocycles. The van der Waals surface area contributed by atoms with Crippen LogP contribution in [0.1, 0.15) is 149 Å². The van der Waals surface area contributed by atoms with Crippen molar-refractivity contribution in [2.75, 3.05) is 19.8 Å². The van der Waals surface area contributed by atoms with Crippen molar-refractivity contribution in [1.29, 1.82) is 0 Å². The second kappa shape index (κ2) is 38.4. The average Bonchev–Trinajstić information content (AvgIpc) is 3.18. The fourth-order valence-corrected chi connectivity index (χ4v) is 6.01. The molecular weight excluding hydrogens is 749 g/mol. The third-order valence-electron chi connectivity index (χ3n) is 8.56. The number of hydrogen-bond acceptors (Lipinski definition) is 10. The number of carbonyl (C=O) groups excluding carboxylic acids is 2. The first-order chi connectivity index (χ1) is 27.5. The Morgan fingerprint density at radius 2 is 1.19 bits per heavy atom. The van der Waals surface area contributed by atoms with Crippen LogP contribution >= 0.6 is 7.82 Å². The molecule has 2 unspecified atom stereocenters. The van der Waals surface area contributed by atoms with E-state index in [0.717, 1.165) is 38.5 Å². The maximum Gasteiger partial charge on any atom is 0.472 e. The Balaban J connectivity index is 4.56. The van der Waals surface area contributed by atoms with E-state index < -0.39 is 57.2 Å². The number of aliphatic carboxylic acids is 1. The summed E-state index contributed by atoms with van der Waals surface area (Å²) in [5, 5.41) is 18.7. The maximum atomic E-state index is 12.6. The minimum absolute atomic E-state index is 0.0185. The highest BCUT2D eigenvalue weighted by atomic mass is 31.2. The number of phosphoric ester groups is 1. The van der Waals surface area contributed by atoms with E-state index in [1.165, 1.54) is 57.8 Å². The summed E-state index contributed by atoms with van der Waals surface area (Å²) in [6.07, 6.45) is 41.7. The second-order valence-corrected chi connectivity index (χ2v) is 15.4. The summed E-state index contributed by atoms with van der Waals surface area (Å²) in [6, 6.07) is -1.54. The van der Waals surface area contributed by atoms with Crippen LogP contribution in [0.5, 0.6) is 0 Å². The van der Waals surface area contributed by atoms with Crippen LogP contribution in [0.3, 0.4) is 0 Å². The normalized spacial score (nSPS) is 15.0. The van der Waals surface area contributed by atoms with Gasteiger partial charge in [-0.05, 0) is 44.9 Å². The molecule has 0 fully saturated rings. The highest BCUT2D eigenvalue weighted by Gasteiger charge is 2.28. The topological polar surface area (TPSA) is 192 Å². The van der Waals surface area contributed by atoms with Crippen LogP contribution in [0, 0.1) is 0 Å². The SMILES string of the molecule is CC/C=C\CC(O)/C=C/C=C/C/C=C\C/C=C\C/C=C\CCC(=O)O[C@H](COC(=O)CCCCCCCCCCCCCCC)COP(=O)(O)OC[C@H](N)C(=O)O. The molecule has 12 nitrogen and oxygen atoms in total. The molecular formula is C44H74NO11P. The van der Waals surface area contributed by atoms with Crippen LogP contribution in [0.25, 0.3) is 0 Å². The fourth-order valence-electron chi connectivity index (χ4n) is 5.23. The van der Waals surface area contributed by atoms with Crippen molar-refractivity contribution < 1.29 is 52.6 Å². The highest BCUT2D eigenvalue weighted by molar-refractivity contribution is 7.47. The molecule has 0 aromatic rings. The van der Waals surface area contributed by atoms with E-state index in [0.29, 0.717) is 25.7 Å². The lowest BCUT2D eigenvalue weighted by Gasteiger charge is -2.20. The van der Waals surface area contributed by atoms with E-state index in [4.69, 9.17) is 24.8 Å². The zero-order valence-corrected chi connectivity index (χ0v) is 35.7. The van der Waals surface area contributed by atoms with Crippen molar-refractivity contribution in [3.05, 3.63) is 72.9 Å². The van der Waals surface area contributed by atoms with Crippen LogP contribution in [-0.2, 0) is 37.5 Å². The van der Waals surface area contributed by atoms with E-state index in [1.54, 1.807) is 6.08 Å². The predicted octanol–water partition coefficient (Wildman–Crippen LogP) is 9.92. The molecule has 0 aliphatic rings. The molecule has 5 N–H and O–H groups in total. The van der Waals surface area contributed by atoms with E-state index in [2.05, 4.69) is 30.5 Å². The van der Waals surface area contributed by atoms with Gasteiger partial charge >= 0.3 is 25.7 Å². The van der Waals surface area contributed by atoms with Gasteiger partial charge < -0.3 is 30.3 Å².